The van der Waals surface area contributed by atoms with E-state index >= 15 is 0 Å². The van der Waals surface area contributed by atoms with Crippen molar-refractivity contribution in [2.24, 2.45) is 0 Å². The summed E-state index contributed by atoms with van der Waals surface area (Å²) in [4.78, 5) is 23.6. The van der Waals surface area contributed by atoms with E-state index in [1.165, 1.54) is 0 Å². The smallest absolute Gasteiger partial charge is 0.451 e. The first-order valence-corrected chi connectivity index (χ1v) is 5.21. The third kappa shape index (κ3) is 2.37. The highest BCUT2D eigenvalue weighted by Gasteiger charge is 2.40. The number of aromatic nitrogens is 3. The van der Waals surface area contributed by atoms with Crippen LogP contribution in [0.4, 0.5) is 13.2 Å². The van der Waals surface area contributed by atoms with Crippen molar-refractivity contribution in [1.29, 1.82) is 0 Å². The van der Waals surface area contributed by atoms with Gasteiger partial charge in [-0.15, -0.1) is 10.2 Å². The summed E-state index contributed by atoms with van der Waals surface area (Å²) in [6.45, 7) is -0.376. The molecule has 7 nitrogen and oxygen atoms in total. The topological polar surface area (TPSA) is 77.3 Å². The summed E-state index contributed by atoms with van der Waals surface area (Å²) in [5.41, 5.74) is 0. The Morgan fingerprint density at radius 3 is 2.53 bits per heavy atom. The van der Waals surface area contributed by atoms with E-state index in [-0.39, 0.29) is 25.5 Å². The predicted molar refractivity (Wildman–Crippen MR) is 52.5 cm³/mol. The molecule has 1 aliphatic rings. The van der Waals surface area contributed by atoms with Crippen LogP contribution in [0.2, 0.25) is 0 Å². The number of methoxy groups -OCH3 is 1. The lowest BCUT2D eigenvalue weighted by Crippen LogP contribution is -2.43. The van der Waals surface area contributed by atoms with Crippen molar-refractivity contribution in [2.45, 2.75) is 19.3 Å². The quantitative estimate of drug-likeness (QED) is 0.485. The number of rotatable bonds is 0. The van der Waals surface area contributed by atoms with Crippen LogP contribution in [0.3, 0.4) is 0 Å². The first-order chi connectivity index (χ1) is 8.84. The lowest BCUT2D eigenvalue weighted by Gasteiger charge is -2.26. The summed E-state index contributed by atoms with van der Waals surface area (Å²) >= 11 is 0. The van der Waals surface area contributed by atoms with E-state index in [9.17, 15) is 22.8 Å². The van der Waals surface area contributed by atoms with Gasteiger partial charge in [0.1, 0.15) is 0 Å². The van der Waals surface area contributed by atoms with Gasteiger partial charge in [-0.2, -0.15) is 13.2 Å². The van der Waals surface area contributed by atoms with Crippen molar-refractivity contribution in [3.8, 4) is 0 Å². The minimum atomic E-state index is -4.60. The molecule has 1 aromatic rings. The molecule has 104 valence electrons. The standard InChI is InChI=1S/C9H9F3N4O3/c1-19-7(18)6(17)15-2-3-16-5(4-15)13-14-8(16)9(10,11)12/h2-4H2,1H3. The van der Waals surface area contributed by atoms with Gasteiger partial charge in [-0.05, 0) is 0 Å². The summed E-state index contributed by atoms with van der Waals surface area (Å²) in [5.74, 6) is -3.10. The molecule has 0 aliphatic carbocycles. The summed E-state index contributed by atoms with van der Waals surface area (Å²) < 4.78 is 42.9. The summed E-state index contributed by atoms with van der Waals surface area (Å²) in [5, 5.41) is 6.45. The monoisotopic (exact) mass is 278 g/mol. The van der Waals surface area contributed by atoms with E-state index in [4.69, 9.17) is 0 Å². The number of alkyl halides is 3. The Bertz CT molecular complexity index is 525. The van der Waals surface area contributed by atoms with Crippen LogP contribution in [0.25, 0.3) is 0 Å². The van der Waals surface area contributed by atoms with Crippen LogP contribution >= 0.6 is 0 Å². The summed E-state index contributed by atoms with van der Waals surface area (Å²) in [6, 6.07) is 0. The fraction of sp³-hybridized carbons (Fsp3) is 0.556. The number of ether oxygens (including phenoxy) is 1. The molecule has 19 heavy (non-hydrogen) atoms. The number of amides is 1. The van der Waals surface area contributed by atoms with Crippen LogP contribution in [0, 0.1) is 0 Å². The number of fused-ring (bicyclic) bond motifs is 1. The fourth-order valence-electron chi connectivity index (χ4n) is 1.76. The third-order valence-corrected chi connectivity index (χ3v) is 2.65. The van der Waals surface area contributed by atoms with Crippen molar-refractivity contribution < 1.29 is 27.5 Å². The van der Waals surface area contributed by atoms with Gasteiger partial charge in [-0.25, -0.2) is 4.79 Å². The van der Waals surface area contributed by atoms with Crippen molar-refractivity contribution in [1.82, 2.24) is 19.7 Å². The number of esters is 1. The second-order valence-corrected chi connectivity index (χ2v) is 3.81. The maximum Gasteiger partial charge on any atom is 0.451 e. The van der Waals surface area contributed by atoms with Crippen LogP contribution < -0.4 is 0 Å². The molecule has 0 spiro atoms. The number of nitrogens with zero attached hydrogens (tertiary/aromatic N) is 4. The first-order valence-electron chi connectivity index (χ1n) is 5.21. The van der Waals surface area contributed by atoms with E-state index in [0.29, 0.717) is 0 Å². The predicted octanol–water partition coefficient (Wildman–Crippen LogP) is -0.188. The van der Waals surface area contributed by atoms with E-state index in [2.05, 4.69) is 14.9 Å². The number of halogens is 3. The summed E-state index contributed by atoms with van der Waals surface area (Å²) in [7, 11) is 1.05. The van der Waals surface area contributed by atoms with Gasteiger partial charge in [0.15, 0.2) is 5.82 Å². The molecule has 0 saturated carbocycles. The highest BCUT2D eigenvalue weighted by molar-refractivity contribution is 6.32. The molecule has 0 fully saturated rings. The highest BCUT2D eigenvalue weighted by Crippen LogP contribution is 2.29. The molecule has 0 N–H and O–H groups in total. The number of hydrogen-bond acceptors (Lipinski definition) is 5. The second kappa shape index (κ2) is 4.52. The zero-order valence-corrected chi connectivity index (χ0v) is 9.77. The van der Waals surface area contributed by atoms with Gasteiger partial charge in [-0.3, -0.25) is 4.79 Å². The maximum absolute atomic E-state index is 12.6. The van der Waals surface area contributed by atoms with Crippen LogP contribution in [0.5, 0.6) is 0 Å². The molecule has 2 rings (SSSR count). The molecule has 10 heteroatoms. The molecule has 0 radical (unpaired) electrons. The molecule has 0 atom stereocenters. The molecular weight excluding hydrogens is 269 g/mol. The van der Waals surface area contributed by atoms with Gasteiger partial charge in [0.25, 0.3) is 0 Å². The average Bonchev–Trinajstić information content (AvgIpc) is 2.79. The Hall–Kier alpha value is -2.13. The third-order valence-electron chi connectivity index (χ3n) is 2.65. The zero-order valence-electron chi connectivity index (χ0n) is 9.77. The van der Waals surface area contributed by atoms with Crippen molar-refractivity contribution >= 4 is 11.9 Å². The molecule has 0 saturated heterocycles. The Morgan fingerprint density at radius 2 is 1.95 bits per heavy atom. The Morgan fingerprint density at radius 1 is 1.26 bits per heavy atom. The van der Waals surface area contributed by atoms with E-state index in [1.807, 2.05) is 0 Å². The zero-order chi connectivity index (χ0) is 14.2. The van der Waals surface area contributed by atoms with E-state index in [0.717, 1.165) is 16.6 Å². The highest BCUT2D eigenvalue weighted by atomic mass is 19.4. The molecule has 2 heterocycles. The number of carbonyl (C=O) groups excluding carboxylic acids is 2. The van der Waals surface area contributed by atoms with Crippen LogP contribution in [-0.2, 0) is 33.6 Å². The molecule has 0 unspecified atom stereocenters. The van der Waals surface area contributed by atoms with Crippen LogP contribution in [0.15, 0.2) is 0 Å². The molecule has 0 aromatic carbocycles. The molecule has 1 aliphatic heterocycles. The molecule has 1 aromatic heterocycles. The van der Waals surface area contributed by atoms with Crippen molar-refractivity contribution in [2.75, 3.05) is 13.7 Å². The Kier molecular flexibility index (Phi) is 3.16. The van der Waals surface area contributed by atoms with E-state index < -0.39 is 23.9 Å². The van der Waals surface area contributed by atoms with Gasteiger partial charge in [0, 0.05) is 13.1 Å². The largest absolute Gasteiger partial charge is 0.462 e. The molecule has 0 bridgehead atoms. The van der Waals surface area contributed by atoms with Gasteiger partial charge >= 0.3 is 18.1 Å². The molecular formula is C9H9F3N4O3. The fourth-order valence-corrected chi connectivity index (χ4v) is 1.76. The maximum atomic E-state index is 12.6. The number of hydrogen-bond donors (Lipinski definition) is 0. The normalized spacial score (nSPS) is 15.1. The second-order valence-electron chi connectivity index (χ2n) is 3.81. The SMILES string of the molecule is COC(=O)C(=O)N1CCn2c(nnc2C(F)(F)F)C1. The molecule has 1 amide bonds. The average molecular weight is 278 g/mol. The van der Waals surface area contributed by atoms with Crippen LogP contribution in [0.1, 0.15) is 11.6 Å². The lowest BCUT2D eigenvalue weighted by molar-refractivity contribution is -0.159. The van der Waals surface area contributed by atoms with Gasteiger partial charge in [0.2, 0.25) is 5.82 Å². The number of carbonyl (C=O) groups is 2. The Labute approximate surface area is 105 Å². The minimum Gasteiger partial charge on any atom is -0.462 e. The Balaban J connectivity index is 2.21. The lowest BCUT2D eigenvalue weighted by atomic mass is 10.3. The van der Waals surface area contributed by atoms with Gasteiger partial charge < -0.3 is 14.2 Å². The van der Waals surface area contributed by atoms with E-state index in [1.54, 1.807) is 0 Å². The van der Waals surface area contributed by atoms with Crippen molar-refractivity contribution in [3.05, 3.63) is 11.6 Å². The van der Waals surface area contributed by atoms with Crippen LogP contribution in [-0.4, -0.2) is 45.2 Å². The van der Waals surface area contributed by atoms with Gasteiger partial charge in [0.05, 0.1) is 13.7 Å². The summed E-state index contributed by atoms with van der Waals surface area (Å²) in [6.07, 6.45) is -4.60. The van der Waals surface area contributed by atoms with Gasteiger partial charge in [-0.1, -0.05) is 0 Å². The first kappa shape index (κ1) is 13.3. The van der Waals surface area contributed by atoms with Crippen molar-refractivity contribution in [3.63, 3.8) is 0 Å². The minimum absolute atomic E-state index is 0.0178.